The van der Waals surface area contributed by atoms with E-state index in [-0.39, 0.29) is 17.9 Å². The highest BCUT2D eigenvalue weighted by Crippen LogP contribution is 2.25. The first-order valence-electron chi connectivity index (χ1n) is 9.80. The molecular formula is C20H26N6O2. The molecule has 1 atom stereocenters. The molecule has 0 saturated carbocycles. The summed E-state index contributed by atoms with van der Waals surface area (Å²) in [6, 6.07) is 5.33. The first kappa shape index (κ1) is 18.6. The number of carbonyl (C=O) groups excluding carboxylic acids is 2. The summed E-state index contributed by atoms with van der Waals surface area (Å²) in [4.78, 5) is 35.7. The maximum absolute atomic E-state index is 13.2. The number of pyridine rings is 1. The summed E-state index contributed by atoms with van der Waals surface area (Å²) in [5, 5.41) is 4.38. The number of anilines is 1. The van der Waals surface area contributed by atoms with E-state index in [1.165, 1.54) is 0 Å². The Balaban J connectivity index is 1.41. The molecule has 4 heterocycles. The van der Waals surface area contributed by atoms with Gasteiger partial charge in [-0.3, -0.25) is 29.1 Å². The predicted molar refractivity (Wildman–Crippen MR) is 105 cm³/mol. The van der Waals surface area contributed by atoms with Gasteiger partial charge in [-0.25, -0.2) is 0 Å². The van der Waals surface area contributed by atoms with Crippen molar-refractivity contribution in [3.8, 4) is 0 Å². The highest BCUT2D eigenvalue weighted by Gasteiger charge is 2.36. The van der Waals surface area contributed by atoms with Gasteiger partial charge in [-0.1, -0.05) is 0 Å². The van der Waals surface area contributed by atoms with E-state index in [2.05, 4.69) is 15.0 Å². The smallest absolute Gasteiger partial charge is 0.254 e. The van der Waals surface area contributed by atoms with Crippen LogP contribution in [0.15, 0.2) is 30.6 Å². The summed E-state index contributed by atoms with van der Waals surface area (Å²) in [5.41, 5.74) is 1.57. The van der Waals surface area contributed by atoms with E-state index in [1.807, 2.05) is 29.8 Å². The second-order valence-corrected chi connectivity index (χ2v) is 7.48. The van der Waals surface area contributed by atoms with Gasteiger partial charge in [0.25, 0.3) is 5.91 Å². The molecule has 148 valence electrons. The highest BCUT2D eigenvalue weighted by molar-refractivity contribution is 5.97. The Morgan fingerprint density at radius 3 is 2.46 bits per heavy atom. The van der Waals surface area contributed by atoms with Crippen LogP contribution in [0.5, 0.6) is 0 Å². The van der Waals surface area contributed by atoms with Crippen LogP contribution in [-0.2, 0) is 11.8 Å². The Hall–Kier alpha value is -2.74. The zero-order valence-electron chi connectivity index (χ0n) is 16.4. The fraction of sp³-hybridized carbons (Fsp3) is 0.500. The van der Waals surface area contributed by atoms with Gasteiger partial charge in [-0.05, 0) is 31.9 Å². The van der Waals surface area contributed by atoms with Crippen LogP contribution in [0.2, 0.25) is 0 Å². The van der Waals surface area contributed by atoms with Gasteiger partial charge < -0.3 is 4.90 Å². The van der Waals surface area contributed by atoms with E-state index in [0.29, 0.717) is 31.7 Å². The van der Waals surface area contributed by atoms with Crippen LogP contribution < -0.4 is 4.90 Å². The summed E-state index contributed by atoms with van der Waals surface area (Å²) in [6.45, 7) is 5.37. The fourth-order valence-electron chi connectivity index (χ4n) is 4.19. The van der Waals surface area contributed by atoms with Gasteiger partial charge in [-0.2, -0.15) is 5.10 Å². The van der Waals surface area contributed by atoms with E-state index in [1.54, 1.807) is 29.2 Å². The number of aryl methyl sites for hydroxylation is 2. The third kappa shape index (κ3) is 3.52. The third-order valence-corrected chi connectivity index (χ3v) is 5.63. The standard InChI is InChI=1S/C20H26N6O2/c1-15-14-18(23(2)22-15)26-9-3-4-17(20(26)28)24-10-12-25(13-11-24)19(27)16-5-7-21-8-6-16/h5-8,14,17H,3-4,9-13H2,1-2H3. The average Bonchev–Trinajstić information content (AvgIpc) is 3.06. The molecule has 8 heteroatoms. The fourth-order valence-corrected chi connectivity index (χ4v) is 4.19. The number of nitrogens with zero attached hydrogens (tertiary/aromatic N) is 6. The number of amides is 2. The summed E-state index contributed by atoms with van der Waals surface area (Å²) in [7, 11) is 1.88. The first-order valence-corrected chi connectivity index (χ1v) is 9.80. The largest absolute Gasteiger partial charge is 0.336 e. The first-order chi connectivity index (χ1) is 13.5. The van der Waals surface area contributed by atoms with Gasteiger partial charge in [0.15, 0.2) is 0 Å². The number of piperidine rings is 1. The van der Waals surface area contributed by atoms with Crippen LogP contribution in [0.3, 0.4) is 0 Å². The van der Waals surface area contributed by atoms with E-state index in [0.717, 1.165) is 30.9 Å². The van der Waals surface area contributed by atoms with Gasteiger partial charge in [0, 0.05) is 63.8 Å². The van der Waals surface area contributed by atoms with Crippen LogP contribution in [0.1, 0.15) is 28.9 Å². The minimum atomic E-state index is -0.123. The zero-order valence-corrected chi connectivity index (χ0v) is 16.4. The van der Waals surface area contributed by atoms with Gasteiger partial charge in [0.1, 0.15) is 5.82 Å². The Labute approximate surface area is 164 Å². The van der Waals surface area contributed by atoms with Crippen molar-refractivity contribution in [1.29, 1.82) is 0 Å². The molecule has 8 nitrogen and oxygen atoms in total. The summed E-state index contributed by atoms with van der Waals surface area (Å²) in [5.74, 6) is 1.03. The molecule has 2 aromatic rings. The SMILES string of the molecule is Cc1cc(N2CCCC(N3CCN(C(=O)c4ccncc4)CC3)C2=O)n(C)n1. The van der Waals surface area contributed by atoms with Crippen LogP contribution in [-0.4, -0.2) is 75.1 Å². The molecule has 2 amide bonds. The summed E-state index contributed by atoms with van der Waals surface area (Å²) < 4.78 is 1.78. The van der Waals surface area contributed by atoms with Crippen molar-refractivity contribution in [1.82, 2.24) is 24.6 Å². The van der Waals surface area contributed by atoms with Crippen molar-refractivity contribution in [3.05, 3.63) is 41.9 Å². The number of hydrogen-bond acceptors (Lipinski definition) is 5. The molecule has 1 unspecified atom stereocenters. The van der Waals surface area contributed by atoms with Crippen LogP contribution in [0, 0.1) is 6.92 Å². The molecule has 0 bridgehead atoms. The van der Waals surface area contributed by atoms with Crippen molar-refractivity contribution in [2.24, 2.45) is 7.05 Å². The molecule has 4 rings (SSSR count). The van der Waals surface area contributed by atoms with E-state index >= 15 is 0 Å². The van der Waals surface area contributed by atoms with Gasteiger partial charge in [0.05, 0.1) is 11.7 Å². The molecule has 0 aliphatic carbocycles. The van der Waals surface area contributed by atoms with Crippen LogP contribution >= 0.6 is 0 Å². The van der Waals surface area contributed by atoms with Crippen molar-refractivity contribution in [2.75, 3.05) is 37.6 Å². The second-order valence-electron chi connectivity index (χ2n) is 7.48. The number of carbonyl (C=O) groups is 2. The number of piperazine rings is 1. The van der Waals surface area contributed by atoms with Crippen LogP contribution in [0.4, 0.5) is 5.82 Å². The molecular weight excluding hydrogens is 356 g/mol. The zero-order chi connectivity index (χ0) is 19.7. The van der Waals surface area contributed by atoms with Gasteiger partial charge in [-0.15, -0.1) is 0 Å². The lowest BCUT2D eigenvalue weighted by atomic mass is 10.0. The normalized spacial score (nSPS) is 21.2. The van der Waals surface area contributed by atoms with Crippen LogP contribution in [0.25, 0.3) is 0 Å². The van der Waals surface area contributed by atoms with E-state index in [4.69, 9.17) is 0 Å². The molecule has 2 aliphatic heterocycles. The molecule has 0 radical (unpaired) electrons. The third-order valence-electron chi connectivity index (χ3n) is 5.63. The Morgan fingerprint density at radius 1 is 1.11 bits per heavy atom. The maximum Gasteiger partial charge on any atom is 0.254 e. The Kier molecular flexibility index (Phi) is 5.13. The van der Waals surface area contributed by atoms with E-state index in [9.17, 15) is 9.59 Å². The van der Waals surface area contributed by atoms with E-state index < -0.39 is 0 Å². The van der Waals surface area contributed by atoms with Crippen molar-refractivity contribution >= 4 is 17.6 Å². The monoisotopic (exact) mass is 382 g/mol. The summed E-state index contributed by atoms with van der Waals surface area (Å²) >= 11 is 0. The molecule has 2 fully saturated rings. The van der Waals surface area contributed by atoms with Crippen molar-refractivity contribution in [3.63, 3.8) is 0 Å². The highest BCUT2D eigenvalue weighted by atomic mass is 16.2. The molecule has 2 saturated heterocycles. The van der Waals surface area contributed by atoms with Gasteiger partial charge >= 0.3 is 0 Å². The molecule has 0 spiro atoms. The topological polar surface area (TPSA) is 74.6 Å². The van der Waals surface area contributed by atoms with Crippen molar-refractivity contribution in [2.45, 2.75) is 25.8 Å². The molecule has 2 aliphatic rings. The van der Waals surface area contributed by atoms with Gasteiger partial charge in [0.2, 0.25) is 5.91 Å². The Morgan fingerprint density at radius 2 is 1.82 bits per heavy atom. The maximum atomic E-state index is 13.2. The number of rotatable bonds is 3. The lowest BCUT2D eigenvalue weighted by Crippen LogP contribution is -2.58. The average molecular weight is 382 g/mol. The minimum absolute atomic E-state index is 0.0315. The molecule has 0 N–H and O–H groups in total. The number of aromatic nitrogens is 3. The molecule has 28 heavy (non-hydrogen) atoms. The number of hydrogen-bond donors (Lipinski definition) is 0. The minimum Gasteiger partial charge on any atom is -0.336 e. The predicted octanol–water partition coefficient (Wildman–Crippen LogP) is 1.08. The lowest BCUT2D eigenvalue weighted by molar-refractivity contribution is -0.126. The summed E-state index contributed by atoms with van der Waals surface area (Å²) in [6.07, 6.45) is 5.11. The second kappa shape index (κ2) is 7.71. The molecule has 0 aromatic carbocycles. The van der Waals surface area contributed by atoms with Crippen molar-refractivity contribution < 1.29 is 9.59 Å². The quantitative estimate of drug-likeness (QED) is 0.794. The Bertz CT molecular complexity index is 857. The lowest BCUT2D eigenvalue weighted by Gasteiger charge is -2.42. The molecule has 2 aromatic heterocycles.